The second kappa shape index (κ2) is 11.3. The number of likely N-dealkylation sites (tertiary alicyclic amines) is 1. The van der Waals surface area contributed by atoms with Crippen molar-refractivity contribution in [1.29, 1.82) is 0 Å². The van der Waals surface area contributed by atoms with Gasteiger partial charge in [0.05, 0.1) is 6.54 Å². The van der Waals surface area contributed by atoms with Crippen LogP contribution in [0.4, 0.5) is 0 Å². The van der Waals surface area contributed by atoms with Gasteiger partial charge in [-0.25, -0.2) is 10.9 Å². The zero-order chi connectivity index (χ0) is 20.5. The number of allylic oxidation sites excluding steroid dienone is 2. The summed E-state index contributed by atoms with van der Waals surface area (Å²) in [6.45, 7) is 8.76. The average Bonchev–Trinajstić information content (AvgIpc) is 2.77. The zero-order valence-corrected chi connectivity index (χ0v) is 18.9. The van der Waals surface area contributed by atoms with Crippen molar-refractivity contribution in [2.45, 2.75) is 25.8 Å². The van der Waals surface area contributed by atoms with Crippen molar-refractivity contribution in [1.82, 2.24) is 25.5 Å². The number of nitrogens with two attached hydrogens (primary N) is 1. The number of aliphatic imine (C=N–C) groups is 1. The summed E-state index contributed by atoms with van der Waals surface area (Å²) in [6, 6.07) is 3.93. The highest BCUT2D eigenvalue weighted by molar-refractivity contribution is 14.1. The number of halogens is 1. The predicted octanol–water partition coefficient (Wildman–Crippen LogP) is 2.51. The third-order valence-electron chi connectivity index (χ3n) is 5.05. The van der Waals surface area contributed by atoms with Crippen LogP contribution >= 0.6 is 22.6 Å². The molecule has 156 valence electrons. The summed E-state index contributed by atoms with van der Waals surface area (Å²) in [6.07, 6.45) is 11.4. The maximum Gasteiger partial charge on any atom is 0.147 e. The van der Waals surface area contributed by atoms with Gasteiger partial charge in [0.2, 0.25) is 0 Å². The molecule has 8 heteroatoms. The monoisotopic (exact) mass is 507 g/mol. The van der Waals surface area contributed by atoms with E-state index < -0.39 is 0 Å². The minimum Gasteiger partial charge on any atom is -0.370 e. The van der Waals surface area contributed by atoms with Crippen LogP contribution in [0.15, 0.2) is 65.5 Å². The number of nitrogens with one attached hydrogen (secondary N) is 2. The fourth-order valence-electron chi connectivity index (χ4n) is 3.40. The van der Waals surface area contributed by atoms with Crippen molar-refractivity contribution in [2.75, 3.05) is 30.6 Å². The molecule has 0 unspecified atom stereocenters. The normalized spacial score (nSPS) is 20.8. The molecule has 1 aromatic heterocycles. The Morgan fingerprint density at radius 2 is 2.21 bits per heavy atom. The number of hydrogen-bond donors (Lipinski definition) is 3. The molecule has 29 heavy (non-hydrogen) atoms. The lowest BCUT2D eigenvalue weighted by molar-refractivity contribution is 0.230. The Kier molecular flexibility index (Phi) is 8.51. The molecule has 0 amide bonds. The summed E-state index contributed by atoms with van der Waals surface area (Å²) in [5.41, 5.74) is 2.08. The highest BCUT2D eigenvalue weighted by atomic mass is 127. The van der Waals surface area contributed by atoms with Crippen LogP contribution in [0.2, 0.25) is 0 Å². The molecule has 0 spiro atoms. The Hall–Kier alpha value is -1.91. The number of rotatable bonds is 8. The fourth-order valence-corrected chi connectivity index (χ4v) is 4.07. The van der Waals surface area contributed by atoms with E-state index in [1.807, 2.05) is 30.5 Å². The Morgan fingerprint density at radius 1 is 1.38 bits per heavy atom. The maximum absolute atomic E-state index is 6.38. The molecular weight excluding hydrogens is 477 g/mol. The number of aromatic nitrogens is 1. The van der Waals surface area contributed by atoms with E-state index in [1.165, 1.54) is 32.4 Å². The first-order valence-electron chi connectivity index (χ1n) is 10.1. The molecule has 0 atom stereocenters. The van der Waals surface area contributed by atoms with Gasteiger partial charge in [-0.2, -0.15) is 0 Å². The molecular formula is C21H30IN7. The van der Waals surface area contributed by atoms with Gasteiger partial charge in [-0.1, -0.05) is 47.7 Å². The third kappa shape index (κ3) is 6.28. The van der Waals surface area contributed by atoms with Crippen molar-refractivity contribution in [2.24, 2.45) is 10.8 Å². The maximum atomic E-state index is 6.38. The van der Waals surface area contributed by atoms with Crippen molar-refractivity contribution < 1.29 is 0 Å². The highest BCUT2D eigenvalue weighted by Crippen LogP contribution is 2.16. The van der Waals surface area contributed by atoms with Crippen LogP contribution in [-0.2, 0) is 6.54 Å². The molecule has 4 N–H and O–H groups in total. The molecule has 0 radical (unpaired) electrons. The number of alkyl halides is 1. The minimum absolute atomic E-state index is 0.523. The van der Waals surface area contributed by atoms with Crippen LogP contribution in [0, 0.1) is 0 Å². The quantitative estimate of drug-likeness (QED) is 0.285. The van der Waals surface area contributed by atoms with Gasteiger partial charge in [-0.05, 0) is 37.6 Å². The largest absolute Gasteiger partial charge is 0.370 e. The minimum atomic E-state index is 0.523. The van der Waals surface area contributed by atoms with Gasteiger partial charge in [0.1, 0.15) is 17.5 Å². The molecule has 3 heterocycles. The molecule has 1 aromatic rings. The van der Waals surface area contributed by atoms with E-state index in [0.29, 0.717) is 12.4 Å². The first-order valence-corrected chi connectivity index (χ1v) is 11.6. The van der Waals surface area contributed by atoms with Crippen LogP contribution in [0.1, 0.15) is 24.8 Å². The van der Waals surface area contributed by atoms with Crippen molar-refractivity contribution in [3.63, 3.8) is 0 Å². The van der Waals surface area contributed by atoms with E-state index in [1.54, 1.807) is 11.2 Å². The van der Waals surface area contributed by atoms with Gasteiger partial charge in [0, 0.05) is 41.6 Å². The number of amidine groups is 1. The lowest BCUT2D eigenvalue weighted by Crippen LogP contribution is -2.48. The first kappa shape index (κ1) is 21.8. The average molecular weight is 507 g/mol. The number of hydrazine groups is 1. The predicted molar refractivity (Wildman–Crippen MR) is 127 cm³/mol. The molecule has 0 saturated carbocycles. The molecule has 1 saturated heterocycles. The van der Waals surface area contributed by atoms with Crippen molar-refractivity contribution in [3.8, 4) is 0 Å². The molecule has 1 fully saturated rings. The van der Waals surface area contributed by atoms with E-state index in [-0.39, 0.29) is 0 Å². The van der Waals surface area contributed by atoms with Crippen LogP contribution in [-0.4, -0.2) is 51.3 Å². The second-order valence-electron chi connectivity index (χ2n) is 7.13. The zero-order valence-electron chi connectivity index (χ0n) is 16.8. The Bertz CT molecular complexity index is 766. The molecule has 0 aliphatic carbocycles. The van der Waals surface area contributed by atoms with Crippen molar-refractivity contribution in [3.05, 3.63) is 66.0 Å². The number of hydrogen-bond acceptors (Lipinski definition) is 6. The van der Waals surface area contributed by atoms with E-state index in [2.05, 4.69) is 49.7 Å². The van der Waals surface area contributed by atoms with E-state index >= 15 is 0 Å². The van der Waals surface area contributed by atoms with Crippen LogP contribution < -0.4 is 16.5 Å². The molecule has 0 aromatic carbocycles. The van der Waals surface area contributed by atoms with Gasteiger partial charge in [-0.15, -0.1) is 0 Å². The molecule has 0 bridgehead atoms. The number of pyridine rings is 1. The Morgan fingerprint density at radius 3 is 2.90 bits per heavy atom. The highest BCUT2D eigenvalue weighted by Gasteiger charge is 2.21. The fraction of sp³-hybridized carbons (Fsp3) is 0.429. The number of piperidine rings is 1. The molecule has 2 aliphatic rings. The number of nitrogens with zero attached hydrogens (tertiary/aromatic N) is 4. The molecule has 2 aliphatic heterocycles. The third-order valence-corrected chi connectivity index (χ3v) is 5.87. The lowest BCUT2D eigenvalue weighted by atomic mass is 10.1. The van der Waals surface area contributed by atoms with E-state index in [0.717, 1.165) is 40.3 Å². The van der Waals surface area contributed by atoms with E-state index in [4.69, 9.17) is 10.8 Å². The summed E-state index contributed by atoms with van der Waals surface area (Å²) < 4.78 is 0.800. The van der Waals surface area contributed by atoms with Gasteiger partial charge in [0.15, 0.2) is 0 Å². The second-order valence-corrected chi connectivity index (χ2v) is 7.89. The summed E-state index contributed by atoms with van der Waals surface area (Å²) in [4.78, 5) is 11.4. The van der Waals surface area contributed by atoms with Gasteiger partial charge < -0.3 is 15.5 Å². The first-order chi connectivity index (χ1) is 14.2. The Labute approximate surface area is 186 Å². The van der Waals surface area contributed by atoms with Gasteiger partial charge in [0.25, 0.3) is 0 Å². The SMILES string of the molecule is C=C/C(CI)=C1\NC(NCCN2CCCCC2)=CC(=NCc2cccnc2)N1N. The summed E-state index contributed by atoms with van der Waals surface area (Å²) in [7, 11) is 0. The summed E-state index contributed by atoms with van der Waals surface area (Å²) in [5, 5.41) is 8.53. The van der Waals surface area contributed by atoms with E-state index in [9.17, 15) is 0 Å². The van der Waals surface area contributed by atoms with Gasteiger partial charge in [-0.3, -0.25) is 9.98 Å². The van der Waals surface area contributed by atoms with Gasteiger partial charge >= 0.3 is 0 Å². The van der Waals surface area contributed by atoms with Crippen LogP contribution in [0.25, 0.3) is 0 Å². The standard InChI is InChI=1S/C21H30IN7/c1-2-18(14-22)21-27-19(25-9-12-28-10-4-3-5-11-28)13-20(29(21)23)26-16-17-7-6-8-24-15-17/h2,6-8,13,15,25,27H,1,3-5,9-12,14,16,23H2/b21-18-,26-20?. The summed E-state index contributed by atoms with van der Waals surface area (Å²) in [5.74, 6) is 8.80. The Balaban J connectivity index is 1.73. The summed E-state index contributed by atoms with van der Waals surface area (Å²) >= 11 is 2.32. The van der Waals surface area contributed by atoms with Crippen LogP contribution in [0.5, 0.6) is 0 Å². The van der Waals surface area contributed by atoms with Crippen LogP contribution in [0.3, 0.4) is 0 Å². The molecule has 3 rings (SSSR count). The molecule has 7 nitrogen and oxygen atoms in total. The van der Waals surface area contributed by atoms with Crippen molar-refractivity contribution >= 4 is 28.4 Å². The topological polar surface area (TPSA) is 81.8 Å². The lowest BCUT2D eigenvalue weighted by Gasteiger charge is -2.32. The smallest absolute Gasteiger partial charge is 0.147 e.